The van der Waals surface area contributed by atoms with Crippen molar-refractivity contribution in [1.82, 2.24) is 4.98 Å². The zero-order valence-corrected chi connectivity index (χ0v) is 19.4. The third kappa shape index (κ3) is 4.94. The predicted molar refractivity (Wildman–Crippen MR) is 122 cm³/mol. The molecule has 2 heterocycles. The third-order valence-corrected chi connectivity index (χ3v) is 7.55. The van der Waals surface area contributed by atoms with Gasteiger partial charge < -0.3 is 10.1 Å². The Morgan fingerprint density at radius 2 is 1.81 bits per heavy atom. The Morgan fingerprint density at radius 3 is 2.42 bits per heavy atom. The average Bonchev–Trinajstić information content (AvgIpc) is 3.06. The zero-order chi connectivity index (χ0) is 22.8. The number of rotatable bonds is 7. The summed E-state index contributed by atoms with van der Waals surface area (Å²) in [6.45, 7) is 7.30. The number of aromatic nitrogens is 1. The molecule has 0 fully saturated rings. The van der Waals surface area contributed by atoms with Crippen LogP contribution in [0.2, 0.25) is 0 Å². The van der Waals surface area contributed by atoms with Crippen molar-refractivity contribution in [3.05, 3.63) is 52.0 Å². The quantitative estimate of drug-likeness (QED) is 0.533. The predicted octanol–water partition coefficient (Wildman–Crippen LogP) is 4.06. The highest BCUT2D eigenvalue weighted by Crippen LogP contribution is 2.37. The lowest BCUT2D eigenvalue weighted by Gasteiger charge is -2.09. The minimum Gasteiger partial charge on any atom is -0.462 e. The van der Waals surface area contributed by atoms with Crippen LogP contribution in [-0.4, -0.2) is 37.6 Å². The minimum atomic E-state index is -3.30. The number of sulfone groups is 1. The Bertz CT molecular complexity index is 1250. The number of amides is 1. The largest absolute Gasteiger partial charge is 0.462 e. The molecule has 31 heavy (non-hydrogen) atoms. The van der Waals surface area contributed by atoms with E-state index >= 15 is 0 Å². The van der Waals surface area contributed by atoms with E-state index in [0.717, 1.165) is 16.6 Å². The molecular weight excluding hydrogens is 436 g/mol. The van der Waals surface area contributed by atoms with E-state index in [9.17, 15) is 18.0 Å². The Kier molecular flexibility index (Phi) is 6.76. The number of hydrogen-bond acceptors (Lipinski definition) is 7. The average molecular weight is 461 g/mol. The first kappa shape index (κ1) is 22.9. The van der Waals surface area contributed by atoms with Crippen molar-refractivity contribution in [2.24, 2.45) is 0 Å². The van der Waals surface area contributed by atoms with Crippen molar-refractivity contribution in [2.45, 2.75) is 39.0 Å². The molecule has 0 atom stereocenters. The molecule has 9 heteroatoms. The minimum absolute atomic E-state index is 0.0154. The lowest BCUT2D eigenvalue weighted by Crippen LogP contribution is -2.17. The van der Waals surface area contributed by atoms with Crippen LogP contribution in [0, 0.1) is 13.8 Å². The Hall–Kier alpha value is -2.78. The van der Waals surface area contributed by atoms with Crippen LogP contribution in [0.25, 0.3) is 10.2 Å². The van der Waals surface area contributed by atoms with E-state index in [2.05, 4.69) is 10.3 Å². The van der Waals surface area contributed by atoms with Gasteiger partial charge in [-0.25, -0.2) is 18.2 Å². The van der Waals surface area contributed by atoms with Gasteiger partial charge in [-0.05, 0) is 50.1 Å². The van der Waals surface area contributed by atoms with Gasteiger partial charge in [-0.2, -0.15) is 0 Å². The fourth-order valence-corrected chi connectivity index (χ4v) is 5.28. The molecule has 3 aromatic rings. The molecule has 0 saturated carbocycles. The monoisotopic (exact) mass is 460 g/mol. The molecule has 0 aliphatic rings. The molecule has 164 valence electrons. The zero-order valence-electron chi connectivity index (χ0n) is 17.8. The summed E-state index contributed by atoms with van der Waals surface area (Å²) in [6.07, 6.45) is 0.0321. The molecule has 2 aromatic heterocycles. The molecule has 0 bridgehead atoms. The summed E-state index contributed by atoms with van der Waals surface area (Å²) in [5, 5.41) is 3.57. The summed E-state index contributed by atoms with van der Waals surface area (Å²) in [5.74, 6) is -0.815. The first-order valence-electron chi connectivity index (χ1n) is 9.85. The van der Waals surface area contributed by atoms with Gasteiger partial charge in [-0.3, -0.25) is 4.79 Å². The number of aryl methyl sites for hydroxylation is 2. The van der Waals surface area contributed by atoms with Gasteiger partial charge in [0, 0.05) is 11.1 Å². The number of hydrogen-bond donors (Lipinski definition) is 1. The lowest BCUT2D eigenvalue weighted by atomic mass is 10.1. The summed E-state index contributed by atoms with van der Waals surface area (Å²) >= 11 is 1.19. The maximum Gasteiger partial charge on any atom is 0.350 e. The highest BCUT2D eigenvalue weighted by molar-refractivity contribution is 7.91. The van der Waals surface area contributed by atoms with Gasteiger partial charge >= 0.3 is 5.97 Å². The molecule has 0 aliphatic heterocycles. The van der Waals surface area contributed by atoms with Gasteiger partial charge in [0.25, 0.3) is 0 Å². The highest BCUT2D eigenvalue weighted by atomic mass is 32.2. The Morgan fingerprint density at radius 1 is 1.13 bits per heavy atom. The number of ether oxygens (including phenoxy) is 1. The topological polar surface area (TPSA) is 102 Å². The number of pyridine rings is 1. The van der Waals surface area contributed by atoms with Crippen molar-refractivity contribution < 1.29 is 22.7 Å². The summed E-state index contributed by atoms with van der Waals surface area (Å²) in [6, 6.07) is 8.14. The second-order valence-electron chi connectivity index (χ2n) is 7.06. The van der Waals surface area contributed by atoms with E-state index in [1.165, 1.54) is 23.5 Å². The van der Waals surface area contributed by atoms with Crippen molar-refractivity contribution in [1.29, 1.82) is 0 Å². The molecule has 0 spiro atoms. The van der Waals surface area contributed by atoms with Gasteiger partial charge in [-0.15, -0.1) is 11.3 Å². The van der Waals surface area contributed by atoms with Crippen LogP contribution in [0.15, 0.2) is 35.2 Å². The molecule has 1 aromatic carbocycles. The lowest BCUT2D eigenvalue weighted by molar-refractivity contribution is -0.115. The number of esters is 1. The summed E-state index contributed by atoms with van der Waals surface area (Å²) in [4.78, 5) is 30.9. The molecule has 1 N–H and O–H groups in total. The van der Waals surface area contributed by atoms with E-state index in [1.807, 2.05) is 19.9 Å². The van der Waals surface area contributed by atoms with Crippen LogP contribution in [-0.2, 0) is 25.8 Å². The molecular formula is C22H24N2O5S2. The summed E-state index contributed by atoms with van der Waals surface area (Å²) in [7, 11) is -3.30. The van der Waals surface area contributed by atoms with E-state index in [4.69, 9.17) is 4.74 Å². The highest BCUT2D eigenvalue weighted by Gasteiger charge is 2.23. The number of carbonyl (C=O) groups is 2. The number of thiophene rings is 1. The maximum atomic E-state index is 12.8. The van der Waals surface area contributed by atoms with E-state index in [1.54, 1.807) is 26.0 Å². The standard InChI is InChI=1S/C22H24N2O5S2/c1-5-29-22(26)20-19(18-13(3)11-14(4)23-21(18)30-20)24-17(25)12-15-7-9-16(10-8-15)31(27,28)6-2/h7-11H,5-6,12H2,1-4H3,(H,24,25). The number of nitrogens with one attached hydrogen (secondary N) is 1. The number of fused-ring (bicyclic) bond motifs is 1. The second-order valence-corrected chi connectivity index (χ2v) is 10.3. The number of carbonyl (C=O) groups excluding carboxylic acids is 2. The third-order valence-electron chi connectivity index (χ3n) is 4.74. The molecule has 0 radical (unpaired) electrons. The van der Waals surface area contributed by atoms with Gasteiger partial charge in [0.2, 0.25) is 5.91 Å². The van der Waals surface area contributed by atoms with Crippen LogP contribution in [0.3, 0.4) is 0 Å². The molecule has 0 unspecified atom stereocenters. The van der Waals surface area contributed by atoms with Crippen LogP contribution in [0.4, 0.5) is 5.69 Å². The Balaban J connectivity index is 1.90. The normalized spacial score (nSPS) is 11.5. The number of nitrogens with zero attached hydrogens (tertiary/aromatic N) is 1. The fraction of sp³-hybridized carbons (Fsp3) is 0.318. The van der Waals surface area contributed by atoms with Gasteiger partial charge in [0.15, 0.2) is 9.84 Å². The number of anilines is 1. The molecule has 7 nitrogen and oxygen atoms in total. The molecule has 3 rings (SSSR count). The van der Waals surface area contributed by atoms with Gasteiger partial charge in [-0.1, -0.05) is 19.1 Å². The van der Waals surface area contributed by atoms with Gasteiger partial charge in [0.1, 0.15) is 9.71 Å². The van der Waals surface area contributed by atoms with Crippen LogP contribution >= 0.6 is 11.3 Å². The summed E-state index contributed by atoms with van der Waals surface area (Å²) in [5.41, 5.74) is 2.79. The SMILES string of the molecule is CCOC(=O)c1sc2nc(C)cc(C)c2c1NC(=O)Cc1ccc(S(=O)(=O)CC)cc1. The van der Waals surface area contributed by atoms with Crippen molar-refractivity contribution in [3.8, 4) is 0 Å². The molecule has 0 saturated heterocycles. The number of benzene rings is 1. The van der Waals surface area contributed by atoms with Gasteiger partial charge in [0.05, 0.1) is 29.4 Å². The van der Waals surface area contributed by atoms with Crippen molar-refractivity contribution in [2.75, 3.05) is 17.7 Å². The first-order valence-corrected chi connectivity index (χ1v) is 12.3. The van der Waals surface area contributed by atoms with Crippen LogP contribution in [0.5, 0.6) is 0 Å². The molecule has 1 amide bonds. The maximum absolute atomic E-state index is 12.8. The van der Waals surface area contributed by atoms with E-state index in [0.29, 0.717) is 21.0 Å². The second kappa shape index (κ2) is 9.15. The van der Waals surface area contributed by atoms with Crippen molar-refractivity contribution in [3.63, 3.8) is 0 Å². The van der Waals surface area contributed by atoms with Crippen molar-refractivity contribution >= 4 is 49.0 Å². The van der Waals surface area contributed by atoms with E-state index in [-0.39, 0.29) is 29.6 Å². The smallest absolute Gasteiger partial charge is 0.350 e. The first-order chi connectivity index (χ1) is 14.7. The fourth-order valence-electron chi connectivity index (χ4n) is 3.25. The summed E-state index contributed by atoms with van der Waals surface area (Å²) < 4.78 is 29.1. The molecule has 0 aliphatic carbocycles. The van der Waals surface area contributed by atoms with Crippen LogP contribution in [0.1, 0.15) is 40.3 Å². The van der Waals surface area contributed by atoms with E-state index < -0.39 is 15.8 Å². The van der Waals surface area contributed by atoms with Crippen LogP contribution < -0.4 is 5.32 Å². The Labute approximate surface area is 185 Å².